The first-order valence-electron chi connectivity index (χ1n) is 10.8. The first kappa shape index (κ1) is 22.0. The molecule has 3 rings (SSSR count). The second-order valence-electron chi connectivity index (χ2n) is 9.33. The van der Waals surface area contributed by atoms with Gasteiger partial charge in [-0.3, -0.25) is 14.6 Å². The molecule has 1 aliphatic rings. The van der Waals surface area contributed by atoms with Crippen LogP contribution in [-0.4, -0.2) is 41.3 Å². The first-order chi connectivity index (χ1) is 14.2. The summed E-state index contributed by atoms with van der Waals surface area (Å²) in [5.74, 6) is 0.165. The number of pyridine rings is 1. The van der Waals surface area contributed by atoms with Gasteiger partial charge in [0.2, 0.25) is 11.8 Å². The van der Waals surface area contributed by atoms with E-state index in [9.17, 15) is 9.59 Å². The largest absolute Gasteiger partial charge is 0.356 e. The monoisotopic (exact) mass is 407 g/mol. The van der Waals surface area contributed by atoms with E-state index in [0.717, 1.165) is 36.1 Å². The second kappa shape index (κ2) is 8.99. The van der Waals surface area contributed by atoms with Crippen molar-refractivity contribution in [3.8, 4) is 11.1 Å². The van der Waals surface area contributed by atoms with Crippen LogP contribution in [0, 0.1) is 10.8 Å². The topological polar surface area (TPSA) is 62.3 Å². The van der Waals surface area contributed by atoms with Crippen LogP contribution in [0.3, 0.4) is 0 Å². The van der Waals surface area contributed by atoms with Crippen molar-refractivity contribution in [3.63, 3.8) is 0 Å². The van der Waals surface area contributed by atoms with E-state index in [2.05, 4.69) is 34.6 Å². The maximum atomic E-state index is 13.2. The Bertz CT molecular complexity index is 872. The summed E-state index contributed by atoms with van der Waals surface area (Å²) in [6.07, 6.45) is 5.84. The Morgan fingerprint density at radius 1 is 1.07 bits per heavy atom. The van der Waals surface area contributed by atoms with Crippen LogP contribution in [0.2, 0.25) is 0 Å². The fourth-order valence-corrected chi connectivity index (χ4v) is 4.29. The molecule has 1 aromatic carbocycles. The number of amides is 2. The number of nitrogens with zero attached hydrogens (tertiary/aromatic N) is 2. The minimum absolute atomic E-state index is 0.0506. The number of carbonyl (C=O) groups is 2. The molecule has 5 heteroatoms. The van der Waals surface area contributed by atoms with Crippen LogP contribution >= 0.6 is 0 Å². The van der Waals surface area contributed by atoms with E-state index >= 15 is 0 Å². The number of hydrogen-bond acceptors (Lipinski definition) is 3. The molecule has 1 aromatic heterocycles. The van der Waals surface area contributed by atoms with Crippen LogP contribution in [0.1, 0.15) is 46.1 Å². The molecule has 0 radical (unpaired) electrons. The van der Waals surface area contributed by atoms with Gasteiger partial charge in [0.15, 0.2) is 0 Å². The molecule has 0 saturated carbocycles. The molecule has 30 heavy (non-hydrogen) atoms. The van der Waals surface area contributed by atoms with Crippen molar-refractivity contribution < 1.29 is 9.59 Å². The Morgan fingerprint density at radius 2 is 1.70 bits per heavy atom. The summed E-state index contributed by atoms with van der Waals surface area (Å²) in [5, 5.41) is 3.03. The van der Waals surface area contributed by atoms with E-state index in [1.165, 1.54) is 0 Å². The van der Waals surface area contributed by atoms with E-state index in [-0.39, 0.29) is 11.8 Å². The van der Waals surface area contributed by atoms with Gasteiger partial charge >= 0.3 is 0 Å². The number of carbonyl (C=O) groups excluding carboxylic acids is 2. The number of aromatic nitrogens is 1. The summed E-state index contributed by atoms with van der Waals surface area (Å²) in [5.41, 5.74) is 2.32. The van der Waals surface area contributed by atoms with Crippen molar-refractivity contribution >= 4 is 11.8 Å². The number of hydrogen-bond donors (Lipinski definition) is 1. The van der Waals surface area contributed by atoms with Gasteiger partial charge in [0.1, 0.15) is 0 Å². The summed E-state index contributed by atoms with van der Waals surface area (Å²) in [6.45, 7) is 9.55. The van der Waals surface area contributed by atoms with Gasteiger partial charge in [-0.25, -0.2) is 0 Å². The highest BCUT2D eigenvalue weighted by molar-refractivity contribution is 5.86. The number of likely N-dealkylation sites (tertiary alicyclic amines) is 1. The predicted molar refractivity (Wildman–Crippen MR) is 120 cm³/mol. The van der Waals surface area contributed by atoms with Crippen LogP contribution in [0.5, 0.6) is 0 Å². The van der Waals surface area contributed by atoms with Gasteiger partial charge in [0.05, 0.1) is 5.41 Å². The van der Waals surface area contributed by atoms with Crippen molar-refractivity contribution in [2.75, 3.05) is 19.6 Å². The average molecular weight is 408 g/mol. The van der Waals surface area contributed by atoms with Crippen molar-refractivity contribution in [3.05, 3.63) is 54.4 Å². The smallest absolute Gasteiger partial charge is 0.228 e. The molecule has 1 saturated heterocycles. The predicted octanol–water partition coefficient (Wildman–Crippen LogP) is 4.08. The minimum Gasteiger partial charge on any atom is -0.356 e. The third-order valence-electron chi connectivity index (χ3n) is 5.83. The van der Waals surface area contributed by atoms with Crippen LogP contribution in [0.25, 0.3) is 11.1 Å². The van der Waals surface area contributed by atoms with Gasteiger partial charge in [-0.1, -0.05) is 45.0 Å². The maximum Gasteiger partial charge on any atom is 0.228 e. The Balaban J connectivity index is 1.85. The highest BCUT2D eigenvalue weighted by atomic mass is 16.2. The third kappa shape index (κ3) is 4.89. The molecule has 0 unspecified atom stereocenters. The summed E-state index contributed by atoms with van der Waals surface area (Å²) in [4.78, 5) is 32.1. The van der Waals surface area contributed by atoms with Crippen LogP contribution in [-0.2, 0) is 16.0 Å². The molecule has 2 aromatic rings. The molecule has 1 N–H and O–H groups in total. The van der Waals surface area contributed by atoms with Crippen molar-refractivity contribution in [2.24, 2.45) is 10.8 Å². The average Bonchev–Trinajstić information content (AvgIpc) is 2.74. The van der Waals surface area contributed by atoms with E-state index in [1.807, 2.05) is 44.7 Å². The van der Waals surface area contributed by atoms with Crippen LogP contribution < -0.4 is 5.32 Å². The number of rotatable bonds is 5. The standard InChI is InChI=1S/C25H33N3O2/c1-5-27-22(29)25(13-6-16-28(18-25)23(30)24(2,3)4)17-19-7-9-20(10-8-19)21-11-14-26-15-12-21/h7-12,14-15H,5-6,13,16-18H2,1-4H3,(H,27,29)/t25-/m1/s1. The molecule has 1 aliphatic heterocycles. The van der Waals surface area contributed by atoms with E-state index in [0.29, 0.717) is 19.5 Å². The SMILES string of the molecule is CCNC(=O)[C@@]1(Cc2ccc(-c3ccncc3)cc2)CCCN(C(=O)C(C)(C)C)C1. The summed E-state index contributed by atoms with van der Waals surface area (Å²) in [7, 11) is 0. The normalized spacial score (nSPS) is 19.4. The Morgan fingerprint density at radius 3 is 2.30 bits per heavy atom. The van der Waals surface area contributed by atoms with Gasteiger partial charge in [0, 0.05) is 37.4 Å². The zero-order chi connectivity index (χ0) is 21.8. The fraction of sp³-hybridized carbons (Fsp3) is 0.480. The van der Waals surface area contributed by atoms with Crippen molar-refractivity contribution in [1.82, 2.24) is 15.2 Å². The summed E-state index contributed by atoms with van der Waals surface area (Å²) < 4.78 is 0. The molecule has 2 heterocycles. The molecule has 160 valence electrons. The van der Waals surface area contributed by atoms with E-state index in [1.54, 1.807) is 12.4 Å². The Hall–Kier alpha value is -2.69. The molecule has 5 nitrogen and oxygen atoms in total. The maximum absolute atomic E-state index is 13.2. The first-order valence-corrected chi connectivity index (χ1v) is 10.8. The van der Waals surface area contributed by atoms with Gasteiger partial charge in [-0.15, -0.1) is 0 Å². The summed E-state index contributed by atoms with van der Waals surface area (Å²) >= 11 is 0. The lowest BCUT2D eigenvalue weighted by molar-refractivity contribution is -0.147. The molecule has 1 atom stereocenters. The number of piperidine rings is 1. The zero-order valence-electron chi connectivity index (χ0n) is 18.6. The van der Waals surface area contributed by atoms with Gasteiger partial charge in [-0.2, -0.15) is 0 Å². The van der Waals surface area contributed by atoms with E-state index in [4.69, 9.17) is 0 Å². The molecule has 0 spiro atoms. The lowest BCUT2D eigenvalue weighted by atomic mass is 9.73. The highest BCUT2D eigenvalue weighted by Gasteiger charge is 2.44. The van der Waals surface area contributed by atoms with Crippen molar-refractivity contribution in [1.29, 1.82) is 0 Å². The van der Waals surface area contributed by atoms with Gasteiger partial charge < -0.3 is 10.2 Å². The molecule has 2 amide bonds. The minimum atomic E-state index is -0.590. The lowest BCUT2D eigenvalue weighted by Gasteiger charge is -2.43. The van der Waals surface area contributed by atoms with Gasteiger partial charge in [-0.05, 0) is 55.0 Å². The zero-order valence-corrected chi connectivity index (χ0v) is 18.6. The number of benzene rings is 1. The molecule has 0 bridgehead atoms. The third-order valence-corrected chi connectivity index (χ3v) is 5.83. The molecular formula is C25H33N3O2. The van der Waals surface area contributed by atoms with Crippen molar-refractivity contribution in [2.45, 2.75) is 47.0 Å². The Kier molecular flexibility index (Phi) is 6.59. The quantitative estimate of drug-likeness (QED) is 0.812. The fourth-order valence-electron chi connectivity index (χ4n) is 4.29. The number of nitrogens with one attached hydrogen (secondary N) is 1. The van der Waals surface area contributed by atoms with Crippen LogP contribution in [0.15, 0.2) is 48.8 Å². The Labute approximate surface area is 179 Å². The second-order valence-corrected chi connectivity index (χ2v) is 9.33. The molecular weight excluding hydrogens is 374 g/mol. The van der Waals surface area contributed by atoms with E-state index < -0.39 is 10.8 Å². The van der Waals surface area contributed by atoms with Gasteiger partial charge in [0.25, 0.3) is 0 Å². The summed E-state index contributed by atoms with van der Waals surface area (Å²) in [6, 6.07) is 12.4. The highest BCUT2D eigenvalue weighted by Crippen LogP contribution is 2.36. The molecule has 0 aliphatic carbocycles. The van der Waals surface area contributed by atoms with Crippen LogP contribution in [0.4, 0.5) is 0 Å². The lowest BCUT2D eigenvalue weighted by Crippen LogP contribution is -2.56. The molecule has 1 fully saturated rings.